The van der Waals surface area contributed by atoms with Gasteiger partial charge in [-0.25, -0.2) is 9.48 Å². The zero-order valence-corrected chi connectivity index (χ0v) is 7.55. The van der Waals surface area contributed by atoms with Crippen LogP contribution in [-0.4, -0.2) is 44.3 Å². The van der Waals surface area contributed by atoms with Crippen molar-refractivity contribution >= 4 is 5.97 Å². The van der Waals surface area contributed by atoms with E-state index in [9.17, 15) is 4.79 Å². The molecule has 1 rings (SSSR count). The minimum absolute atomic E-state index is 0.0936. The largest absolute Gasteiger partial charge is 0.476 e. The molecule has 0 spiro atoms. The lowest BCUT2D eigenvalue weighted by Crippen LogP contribution is -2.14. The summed E-state index contributed by atoms with van der Waals surface area (Å²) in [6.45, 7) is 0.439. The topological polar surface area (TPSA) is 114 Å². The third-order valence-electron chi connectivity index (χ3n) is 1.73. The summed E-state index contributed by atoms with van der Waals surface area (Å²) < 4.78 is 1.36. The SMILES string of the molecule is NCCc1c(C(=O)O)nnn1CCO. The fraction of sp³-hybridized carbons (Fsp3) is 0.571. The number of hydrogen-bond acceptors (Lipinski definition) is 5. The molecule has 0 fully saturated rings. The van der Waals surface area contributed by atoms with E-state index in [-0.39, 0.29) is 18.8 Å². The molecule has 0 saturated heterocycles. The standard InChI is InChI=1S/C7H12N4O3/c8-2-1-5-6(7(13)14)9-10-11(5)3-4-12/h12H,1-4,8H2,(H,13,14). The Balaban J connectivity index is 3.00. The van der Waals surface area contributed by atoms with Crippen LogP contribution in [0.25, 0.3) is 0 Å². The number of carboxylic acids is 1. The molecular formula is C7H12N4O3. The molecule has 0 amide bonds. The van der Waals surface area contributed by atoms with Gasteiger partial charge in [-0.1, -0.05) is 5.21 Å². The summed E-state index contributed by atoms with van der Waals surface area (Å²) in [6.07, 6.45) is 0.384. The van der Waals surface area contributed by atoms with Crippen molar-refractivity contribution in [2.75, 3.05) is 13.2 Å². The van der Waals surface area contributed by atoms with Crippen LogP contribution in [0, 0.1) is 0 Å². The van der Waals surface area contributed by atoms with Gasteiger partial charge in [-0.2, -0.15) is 0 Å². The Hall–Kier alpha value is -1.47. The fourth-order valence-electron chi connectivity index (χ4n) is 1.16. The van der Waals surface area contributed by atoms with Crippen molar-refractivity contribution < 1.29 is 15.0 Å². The quantitative estimate of drug-likeness (QED) is 0.531. The molecule has 7 nitrogen and oxygen atoms in total. The molecule has 1 aromatic rings. The molecule has 7 heteroatoms. The van der Waals surface area contributed by atoms with Crippen LogP contribution in [0.2, 0.25) is 0 Å². The first-order valence-electron chi connectivity index (χ1n) is 4.17. The van der Waals surface area contributed by atoms with Crippen molar-refractivity contribution in [2.45, 2.75) is 13.0 Å². The average Bonchev–Trinajstić information content (AvgIpc) is 2.50. The second-order valence-corrected chi connectivity index (χ2v) is 2.68. The first-order valence-corrected chi connectivity index (χ1v) is 4.17. The highest BCUT2D eigenvalue weighted by Crippen LogP contribution is 2.05. The number of aromatic nitrogens is 3. The van der Waals surface area contributed by atoms with Gasteiger partial charge in [0, 0.05) is 6.42 Å². The highest BCUT2D eigenvalue weighted by molar-refractivity contribution is 5.86. The van der Waals surface area contributed by atoms with Gasteiger partial charge in [0.15, 0.2) is 5.69 Å². The van der Waals surface area contributed by atoms with Crippen LogP contribution in [0.15, 0.2) is 0 Å². The van der Waals surface area contributed by atoms with E-state index in [4.69, 9.17) is 15.9 Å². The van der Waals surface area contributed by atoms with E-state index in [1.54, 1.807) is 0 Å². The van der Waals surface area contributed by atoms with Crippen LogP contribution in [0.3, 0.4) is 0 Å². The van der Waals surface area contributed by atoms with Crippen molar-refractivity contribution in [3.8, 4) is 0 Å². The van der Waals surface area contributed by atoms with Crippen molar-refractivity contribution in [1.82, 2.24) is 15.0 Å². The number of carbonyl (C=O) groups is 1. The van der Waals surface area contributed by atoms with Gasteiger partial charge in [0.1, 0.15) is 0 Å². The van der Waals surface area contributed by atoms with E-state index in [0.717, 1.165) is 0 Å². The van der Waals surface area contributed by atoms with Crippen LogP contribution in [-0.2, 0) is 13.0 Å². The summed E-state index contributed by atoms with van der Waals surface area (Å²) in [6, 6.07) is 0. The van der Waals surface area contributed by atoms with Crippen LogP contribution in [0.5, 0.6) is 0 Å². The second kappa shape index (κ2) is 4.68. The minimum Gasteiger partial charge on any atom is -0.476 e. The Bertz CT molecular complexity index is 323. The van der Waals surface area contributed by atoms with Gasteiger partial charge in [0.05, 0.1) is 18.8 Å². The van der Waals surface area contributed by atoms with Crippen molar-refractivity contribution in [3.05, 3.63) is 11.4 Å². The number of aliphatic hydroxyl groups excluding tert-OH is 1. The number of nitrogens with zero attached hydrogens (tertiary/aromatic N) is 3. The van der Waals surface area contributed by atoms with Crippen molar-refractivity contribution in [1.29, 1.82) is 0 Å². The van der Waals surface area contributed by atoms with E-state index < -0.39 is 5.97 Å². The lowest BCUT2D eigenvalue weighted by Gasteiger charge is -2.02. The molecule has 1 aromatic heterocycles. The van der Waals surface area contributed by atoms with Crippen LogP contribution in [0.1, 0.15) is 16.2 Å². The Morgan fingerprint density at radius 3 is 2.79 bits per heavy atom. The number of hydrogen-bond donors (Lipinski definition) is 3. The van der Waals surface area contributed by atoms with Crippen LogP contribution in [0.4, 0.5) is 0 Å². The molecule has 0 saturated carbocycles. The van der Waals surface area contributed by atoms with Gasteiger partial charge in [0.2, 0.25) is 0 Å². The van der Waals surface area contributed by atoms with Gasteiger partial charge in [-0.3, -0.25) is 0 Å². The Labute approximate surface area is 80.1 Å². The molecule has 0 unspecified atom stereocenters. The number of nitrogens with two attached hydrogens (primary N) is 1. The molecule has 0 aliphatic carbocycles. The first kappa shape index (κ1) is 10.6. The van der Waals surface area contributed by atoms with Gasteiger partial charge < -0.3 is 15.9 Å². The fourth-order valence-corrected chi connectivity index (χ4v) is 1.16. The third-order valence-corrected chi connectivity index (χ3v) is 1.73. The van der Waals surface area contributed by atoms with E-state index in [2.05, 4.69) is 10.3 Å². The van der Waals surface area contributed by atoms with Crippen molar-refractivity contribution in [3.63, 3.8) is 0 Å². The highest BCUT2D eigenvalue weighted by Gasteiger charge is 2.17. The third kappa shape index (κ3) is 2.06. The Kier molecular flexibility index (Phi) is 3.55. The lowest BCUT2D eigenvalue weighted by atomic mass is 10.2. The zero-order valence-electron chi connectivity index (χ0n) is 7.55. The summed E-state index contributed by atoms with van der Waals surface area (Å²) in [5, 5.41) is 24.6. The summed E-state index contributed by atoms with van der Waals surface area (Å²) in [5.74, 6) is -1.13. The van der Waals surface area contributed by atoms with E-state index >= 15 is 0 Å². The molecule has 0 bridgehead atoms. The molecule has 0 aliphatic heterocycles. The summed E-state index contributed by atoms with van der Waals surface area (Å²) >= 11 is 0. The van der Waals surface area contributed by atoms with Gasteiger partial charge in [-0.05, 0) is 6.54 Å². The molecule has 0 aromatic carbocycles. The van der Waals surface area contributed by atoms with E-state index in [1.165, 1.54) is 4.68 Å². The van der Waals surface area contributed by atoms with Gasteiger partial charge in [-0.15, -0.1) is 5.10 Å². The predicted octanol–water partition coefficient (Wildman–Crippen LogP) is -1.53. The zero-order chi connectivity index (χ0) is 10.6. The maximum absolute atomic E-state index is 10.7. The van der Waals surface area contributed by atoms with Crippen LogP contribution < -0.4 is 5.73 Å². The lowest BCUT2D eigenvalue weighted by molar-refractivity contribution is 0.0689. The van der Waals surface area contributed by atoms with E-state index in [0.29, 0.717) is 18.7 Å². The Morgan fingerprint density at radius 1 is 1.57 bits per heavy atom. The number of aromatic carboxylic acids is 1. The summed E-state index contributed by atoms with van der Waals surface area (Å²) in [4.78, 5) is 10.7. The van der Waals surface area contributed by atoms with Crippen LogP contribution >= 0.6 is 0 Å². The Morgan fingerprint density at radius 2 is 2.29 bits per heavy atom. The van der Waals surface area contributed by atoms with Crippen molar-refractivity contribution in [2.24, 2.45) is 5.73 Å². The first-order chi connectivity index (χ1) is 6.70. The maximum atomic E-state index is 10.7. The highest BCUT2D eigenvalue weighted by atomic mass is 16.4. The molecule has 0 aliphatic rings. The monoisotopic (exact) mass is 200 g/mol. The molecular weight excluding hydrogens is 188 g/mol. The molecule has 78 valence electrons. The number of aliphatic hydroxyl groups is 1. The average molecular weight is 200 g/mol. The molecule has 1 heterocycles. The molecule has 4 N–H and O–H groups in total. The molecule has 0 radical (unpaired) electrons. The number of carboxylic acid groups (broad SMARTS) is 1. The van der Waals surface area contributed by atoms with E-state index in [1.807, 2.05) is 0 Å². The second-order valence-electron chi connectivity index (χ2n) is 2.68. The number of rotatable bonds is 5. The predicted molar refractivity (Wildman–Crippen MR) is 46.8 cm³/mol. The summed E-state index contributed by atoms with van der Waals surface area (Å²) in [7, 11) is 0. The van der Waals surface area contributed by atoms with Gasteiger partial charge in [0.25, 0.3) is 0 Å². The molecule has 14 heavy (non-hydrogen) atoms. The normalized spacial score (nSPS) is 10.4. The minimum atomic E-state index is -1.13. The maximum Gasteiger partial charge on any atom is 0.358 e. The smallest absolute Gasteiger partial charge is 0.358 e. The summed E-state index contributed by atoms with van der Waals surface area (Å²) in [5.41, 5.74) is 5.69. The van der Waals surface area contributed by atoms with Gasteiger partial charge >= 0.3 is 5.97 Å². The molecule has 0 atom stereocenters.